The standard InChI is InChI=1S/C59H64N4O15/c1-29-54(71)59(73,74)55(75-28-38-19-21-62-57(61)63-38)56(76-29)78-53-41-10-4-9-37(60)16-17-39(67)23-32-7-3-6-31(22-32)11-18-40-44(77-30(2)66)25-35(26-64)45-46(40)52(70)47(41)48(51(45)69)50(68)42(53)24-34-13-12-33-14-15-36-8-5-20-58(36,72)49(33)43(34)27-65/h3,6-7,11-13,18,22,25,27,29,36-39,54-56,64,67-68,71-74H,5,8,10,14-17,19-21,23-24,26,28,60H2,1-2H3,(H3,61,62,63). The number of nitrogens with one attached hydrogen (secondary N) is 1. The molecule has 0 radical (unpaired) electrons. The second kappa shape index (κ2) is 21.8. The van der Waals surface area contributed by atoms with Crippen molar-refractivity contribution < 1.29 is 73.9 Å². The van der Waals surface area contributed by atoms with Crippen molar-refractivity contribution in [1.29, 1.82) is 0 Å². The summed E-state index contributed by atoms with van der Waals surface area (Å²) in [5, 5.41) is 85.4. The molecule has 19 nitrogen and oxygen atoms in total. The molecule has 4 aliphatic carbocycles. The lowest BCUT2D eigenvalue weighted by Gasteiger charge is -2.46. The van der Waals surface area contributed by atoms with Gasteiger partial charge in [-0.25, -0.2) is 0 Å². The average Bonchev–Trinajstić information content (AvgIpc) is 3.66. The smallest absolute Gasteiger partial charge is 0.308 e. The molecule has 4 aromatic rings. The van der Waals surface area contributed by atoms with Gasteiger partial charge in [0.15, 0.2) is 29.9 Å². The predicted molar refractivity (Wildman–Crippen MR) is 283 cm³/mol. The van der Waals surface area contributed by atoms with E-state index in [0.29, 0.717) is 55.2 Å². The van der Waals surface area contributed by atoms with Crippen LogP contribution in [0.15, 0.2) is 47.5 Å². The molecule has 0 spiro atoms. The van der Waals surface area contributed by atoms with Crippen LogP contribution in [-0.2, 0) is 52.2 Å². The molecular weight excluding hydrogens is 1000 g/mol. The molecule has 6 aliphatic rings. The number of esters is 1. The molecule has 2 heterocycles. The molecule has 78 heavy (non-hydrogen) atoms. The van der Waals surface area contributed by atoms with Gasteiger partial charge in [0, 0.05) is 65.3 Å². The molecule has 10 rings (SSSR count). The fourth-order valence-corrected chi connectivity index (χ4v) is 12.4. The van der Waals surface area contributed by atoms with Gasteiger partial charge in [-0.2, -0.15) is 0 Å². The molecule has 4 bridgehead atoms. The SMILES string of the molecule is CC(=O)Oc1cc(CO)c2c3c1C=Cc1cccc(c1)CC(O)CCC(N)C#CCc1c(OC4OC(C)C(O)C(O)(O)C4OCC4CCN=C(N)N4)c(Cc4ccc5c(c4C=O)C4(O)CCCC4CC5)c(O)c(c1C3=O)C2=O. The number of hydrogen-bond donors (Lipinski definition) is 10. The zero-order chi connectivity index (χ0) is 55.4. The van der Waals surface area contributed by atoms with E-state index in [-0.39, 0.29) is 88.2 Å². The highest BCUT2D eigenvalue weighted by Crippen LogP contribution is 2.53. The largest absolute Gasteiger partial charge is 0.507 e. The summed E-state index contributed by atoms with van der Waals surface area (Å²) < 4.78 is 25.0. The Balaban J connectivity index is 1.24. The van der Waals surface area contributed by atoms with Crippen molar-refractivity contribution in [2.45, 2.75) is 145 Å². The number of fused-ring (bicyclic) bond motifs is 5. The van der Waals surface area contributed by atoms with Crippen molar-refractivity contribution >= 4 is 41.9 Å². The topological polar surface area (TPSA) is 323 Å². The van der Waals surface area contributed by atoms with Gasteiger partial charge in [-0.1, -0.05) is 54.3 Å². The number of aryl methyl sites for hydroxylation is 1. The van der Waals surface area contributed by atoms with Crippen molar-refractivity contribution in [3.05, 3.63) is 120 Å². The maximum Gasteiger partial charge on any atom is 0.308 e. The quantitative estimate of drug-likeness (QED) is 0.0316. The number of aliphatic hydroxyl groups excluding tert-OH is 3. The number of aliphatic imine (C=N–C) groups is 1. The summed E-state index contributed by atoms with van der Waals surface area (Å²) in [5.41, 5.74) is 12.3. The highest BCUT2D eigenvalue weighted by molar-refractivity contribution is 6.32. The zero-order valence-electron chi connectivity index (χ0n) is 43.3. The number of phenolic OH excluding ortho intramolecular Hbond substituents is 1. The first-order valence-corrected chi connectivity index (χ1v) is 26.5. The molecule has 9 atom stereocenters. The molecule has 410 valence electrons. The number of rotatable bonds is 10. The van der Waals surface area contributed by atoms with Crippen molar-refractivity contribution in [2.75, 3.05) is 13.2 Å². The summed E-state index contributed by atoms with van der Waals surface area (Å²) in [6, 6.07) is 10.7. The first-order chi connectivity index (χ1) is 37.3. The molecule has 0 amide bonds. The lowest BCUT2D eigenvalue weighted by Crippen LogP contribution is -2.68. The van der Waals surface area contributed by atoms with E-state index < -0.39 is 108 Å². The van der Waals surface area contributed by atoms with Gasteiger partial charge in [-0.05, 0) is 116 Å². The molecule has 9 unspecified atom stereocenters. The van der Waals surface area contributed by atoms with Crippen LogP contribution in [0.5, 0.6) is 17.2 Å². The Bertz CT molecular complexity index is 3230. The van der Waals surface area contributed by atoms with Crippen LogP contribution in [0.25, 0.3) is 12.2 Å². The minimum atomic E-state index is -3.08. The van der Waals surface area contributed by atoms with Crippen LogP contribution in [0.4, 0.5) is 0 Å². The number of nitrogens with two attached hydrogens (primary N) is 2. The monoisotopic (exact) mass is 1070 g/mol. The Morgan fingerprint density at radius 1 is 0.987 bits per heavy atom. The normalized spacial score (nSPS) is 27.2. The van der Waals surface area contributed by atoms with Crippen LogP contribution < -0.4 is 26.3 Å². The predicted octanol–water partition coefficient (Wildman–Crippen LogP) is 2.89. The molecule has 2 aliphatic heterocycles. The summed E-state index contributed by atoms with van der Waals surface area (Å²) >= 11 is 0. The molecule has 0 aromatic heterocycles. The van der Waals surface area contributed by atoms with Crippen molar-refractivity contribution in [3.8, 4) is 29.1 Å². The van der Waals surface area contributed by atoms with Crippen molar-refractivity contribution in [3.63, 3.8) is 0 Å². The number of aliphatic hydroxyl groups is 6. The van der Waals surface area contributed by atoms with Crippen LogP contribution >= 0.6 is 0 Å². The van der Waals surface area contributed by atoms with Crippen LogP contribution in [0.1, 0.15) is 151 Å². The summed E-state index contributed by atoms with van der Waals surface area (Å²) in [4.78, 5) is 62.1. The highest BCUT2D eigenvalue weighted by Gasteiger charge is 2.57. The van der Waals surface area contributed by atoms with Gasteiger partial charge in [0.2, 0.25) is 12.1 Å². The maximum absolute atomic E-state index is 16.0. The van der Waals surface area contributed by atoms with Crippen LogP contribution in [0, 0.1) is 17.8 Å². The number of hydrogen-bond acceptors (Lipinski definition) is 19. The van der Waals surface area contributed by atoms with Gasteiger partial charge >= 0.3 is 5.97 Å². The fourth-order valence-electron chi connectivity index (χ4n) is 12.4. The van der Waals surface area contributed by atoms with E-state index >= 15 is 9.59 Å². The summed E-state index contributed by atoms with van der Waals surface area (Å²) in [5.74, 6) is -0.940. The number of aromatic hydroxyl groups is 1. The second-order valence-corrected chi connectivity index (χ2v) is 21.3. The van der Waals surface area contributed by atoms with Crippen molar-refractivity contribution in [2.24, 2.45) is 22.4 Å². The van der Waals surface area contributed by atoms with E-state index in [1.165, 1.54) is 19.1 Å². The third-order valence-electron chi connectivity index (χ3n) is 16.2. The summed E-state index contributed by atoms with van der Waals surface area (Å²) in [6.07, 6.45) is -0.655. The van der Waals surface area contributed by atoms with Crippen molar-refractivity contribution in [1.82, 2.24) is 5.32 Å². The first kappa shape index (κ1) is 54.5. The fraction of sp³-hybridized carbons (Fsp3) is 0.441. The number of aldehydes is 1. The number of ketones is 2. The number of benzene rings is 4. The van der Waals surface area contributed by atoms with E-state index in [2.05, 4.69) is 22.2 Å². The van der Waals surface area contributed by atoms with Gasteiger partial charge in [-0.15, -0.1) is 0 Å². The molecular formula is C59H64N4O15. The Kier molecular flexibility index (Phi) is 15.2. The Hall–Kier alpha value is -6.83. The second-order valence-electron chi connectivity index (χ2n) is 21.3. The Morgan fingerprint density at radius 2 is 1.78 bits per heavy atom. The number of guanidine groups is 1. The van der Waals surface area contributed by atoms with E-state index in [1.807, 2.05) is 18.2 Å². The van der Waals surface area contributed by atoms with E-state index in [9.17, 15) is 45.3 Å². The number of carbonyl (C=O) groups is 4. The third kappa shape index (κ3) is 10.0. The van der Waals surface area contributed by atoms with Crippen LogP contribution in [-0.4, -0.2) is 127 Å². The summed E-state index contributed by atoms with van der Waals surface area (Å²) in [7, 11) is 0. The maximum atomic E-state index is 16.0. The number of carbonyl (C=O) groups excluding carboxylic acids is 4. The van der Waals surface area contributed by atoms with Gasteiger partial charge in [0.25, 0.3) is 0 Å². The van der Waals surface area contributed by atoms with Crippen LogP contribution in [0.3, 0.4) is 0 Å². The number of phenols is 1. The molecule has 12 N–H and O–H groups in total. The minimum absolute atomic E-state index is 0.0369. The zero-order valence-corrected chi connectivity index (χ0v) is 43.3. The lowest BCUT2D eigenvalue weighted by atomic mass is 9.70. The molecule has 1 saturated heterocycles. The summed E-state index contributed by atoms with van der Waals surface area (Å²) in [6.45, 7) is 1.77. The van der Waals surface area contributed by atoms with Gasteiger partial charge in [0.1, 0.15) is 23.4 Å². The van der Waals surface area contributed by atoms with Gasteiger partial charge in [0.05, 0.1) is 48.7 Å². The lowest BCUT2D eigenvalue weighted by molar-refractivity contribution is -0.379. The Morgan fingerprint density at radius 3 is 2.54 bits per heavy atom. The first-order valence-electron chi connectivity index (χ1n) is 26.5. The number of nitrogens with zero attached hydrogens (tertiary/aromatic N) is 1. The Labute approximate surface area is 449 Å². The van der Waals surface area contributed by atoms with E-state index in [4.69, 9.17) is 30.4 Å². The molecule has 2 fully saturated rings. The molecule has 1 saturated carbocycles. The van der Waals surface area contributed by atoms with Gasteiger partial charge in [-0.3, -0.25) is 24.2 Å². The molecule has 4 aromatic carbocycles. The van der Waals surface area contributed by atoms with Gasteiger partial charge < -0.3 is 71.5 Å². The highest BCUT2D eigenvalue weighted by atomic mass is 16.7. The van der Waals surface area contributed by atoms with E-state index in [0.717, 1.165) is 30.9 Å². The average molecular weight is 1070 g/mol. The van der Waals surface area contributed by atoms with Crippen LogP contribution in [0.2, 0.25) is 0 Å². The molecule has 19 heteroatoms. The number of ether oxygens (including phenoxy) is 4. The minimum Gasteiger partial charge on any atom is -0.507 e. The van der Waals surface area contributed by atoms with E-state index in [1.54, 1.807) is 24.3 Å². The third-order valence-corrected chi connectivity index (χ3v) is 16.2.